The molecule has 2 aromatic heterocycles. The van der Waals surface area contributed by atoms with E-state index in [4.69, 9.17) is 27.9 Å². The maximum atomic E-state index is 14.6. The van der Waals surface area contributed by atoms with Crippen LogP contribution in [0.3, 0.4) is 0 Å². The van der Waals surface area contributed by atoms with E-state index in [1.54, 1.807) is 12.3 Å². The lowest BCUT2D eigenvalue weighted by Gasteiger charge is -2.39. The number of hydrogen-bond acceptors (Lipinski definition) is 5. The van der Waals surface area contributed by atoms with Gasteiger partial charge in [0.05, 0.1) is 18.3 Å². The van der Waals surface area contributed by atoms with Gasteiger partial charge in [0.2, 0.25) is 5.88 Å². The Morgan fingerprint density at radius 2 is 1.80 bits per heavy atom. The zero-order valence-corrected chi connectivity index (χ0v) is 30.1. The number of H-pyrrole nitrogens is 1. The molecule has 2 N–H and O–H groups in total. The van der Waals surface area contributed by atoms with Gasteiger partial charge in [-0.05, 0) is 90.5 Å². The Morgan fingerprint density at radius 3 is 2.56 bits per heavy atom. The van der Waals surface area contributed by atoms with Crippen LogP contribution in [0.2, 0.25) is 10.0 Å². The number of hydrogen-bond donors (Lipinski definition) is 2. The smallest absolute Gasteiger partial charge is 0.272 e. The summed E-state index contributed by atoms with van der Waals surface area (Å²) >= 11 is 13.2. The Bertz CT molecular complexity index is 2070. The lowest BCUT2D eigenvalue weighted by atomic mass is 9.82. The number of ether oxygens (including phenoxy) is 1. The van der Waals surface area contributed by atoms with Gasteiger partial charge in [-0.2, -0.15) is 0 Å². The third kappa shape index (κ3) is 6.53. The fourth-order valence-electron chi connectivity index (χ4n) is 7.33. The van der Waals surface area contributed by atoms with E-state index in [2.05, 4.69) is 94.5 Å². The highest BCUT2D eigenvalue weighted by Gasteiger charge is 2.39. The number of carbonyl (C=O) groups excluding carboxylic acids is 1. The number of anilines is 1. The number of carbonyl (C=O) groups is 1. The highest BCUT2D eigenvalue weighted by Crippen LogP contribution is 2.52. The molecular formula is C41H41Cl2N5O2. The molecule has 7 rings (SSSR count). The number of aromatic amines is 1. The zero-order chi connectivity index (χ0) is 34.8. The molecule has 0 aliphatic carbocycles. The van der Waals surface area contributed by atoms with E-state index in [9.17, 15) is 4.79 Å². The summed E-state index contributed by atoms with van der Waals surface area (Å²) in [5, 5.41) is 5.37. The maximum Gasteiger partial charge on any atom is 0.272 e. The number of benzene rings is 3. The molecule has 5 aromatic rings. The second-order valence-corrected chi connectivity index (χ2v) is 13.7. The van der Waals surface area contributed by atoms with Crippen molar-refractivity contribution >= 4 is 57.0 Å². The molecular weight excluding hydrogens is 665 g/mol. The van der Waals surface area contributed by atoms with Gasteiger partial charge >= 0.3 is 0 Å². The van der Waals surface area contributed by atoms with E-state index in [1.165, 1.54) is 5.57 Å². The summed E-state index contributed by atoms with van der Waals surface area (Å²) in [6, 6.07) is 25.8. The predicted octanol–water partition coefficient (Wildman–Crippen LogP) is 10.1. The first kappa shape index (κ1) is 33.9. The Labute approximate surface area is 303 Å². The minimum absolute atomic E-state index is 0.170. The average Bonchev–Trinajstić information content (AvgIpc) is 3.42. The number of amides is 1. The molecule has 0 saturated heterocycles. The van der Waals surface area contributed by atoms with Crippen molar-refractivity contribution in [2.45, 2.75) is 39.7 Å². The van der Waals surface area contributed by atoms with Gasteiger partial charge < -0.3 is 24.8 Å². The van der Waals surface area contributed by atoms with E-state index in [0.717, 1.165) is 71.3 Å². The van der Waals surface area contributed by atoms with Crippen molar-refractivity contribution in [3.05, 3.63) is 135 Å². The number of nitrogens with zero attached hydrogens (tertiary/aromatic N) is 3. The van der Waals surface area contributed by atoms with Crippen molar-refractivity contribution in [3.63, 3.8) is 0 Å². The van der Waals surface area contributed by atoms with Crippen LogP contribution in [0.4, 0.5) is 5.69 Å². The van der Waals surface area contributed by atoms with E-state index in [0.29, 0.717) is 33.9 Å². The van der Waals surface area contributed by atoms with E-state index in [1.807, 2.05) is 36.4 Å². The van der Waals surface area contributed by atoms with Crippen molar-refractivity contribution in [2.24, 2.45) is 5.92 Å². The summed E-state index contributed by atoms with van der Waals surface area (Å²) in [6.07, 6.45) is 7.77. The third-order valence-corrected chi connectivity index (χ3v) is 10.2. The van der Waals surface area contributed by atoms with Crippen molar-refractivity contribution in [3.8, 4) is 5.88 Å². The SMILES string of the molecule is CCN(CC)CCCOc1ncccc1NC(=O)c1[nH]c2cc(Cl)cc3c2c1C1=C(c2ccccc2)C(C)CC=CN1C3c1ccc(Cl)cc1. The molecule has 2 aliphatic rings. The first-order chi connectivity index (χ1) is 24.4. The summed E-state index contributed by atoms with van der Waals surface area (Å²) < 4.78 is 6.12. The molecule has 256 valence electrons. The van der Waals surface area contributed by atoms with E-state index in [-0.39, 0.29) is 17.9 Å². The normalized spacial score (nSPS) is 16.9. The number of nitrogens with one attached hydrogen (secondary N) is 2. The van der Waals surface area contributed by atoms with Crippen molar-refractivity contribution in [2.75, 3.05) is 31.6 Å². The third-order valence-electron chi connectivity index (χ3n) is 9.73. The maximum absolute atomic E-state index is 14.6. The van der Waals surface area contributed by atoms with Gasteiger partial charge in [0, 0.05) is 45.5 Å². The molecule has 2 atom stereocenters. The summed E-state index contributed by atoms with van der Waals surface area (Å²) in [5.74, 6) is 0.280. The van der Waals surface area contributed by atoms with Gasteiger partial charge in [-0.15, -0.1) is 0 Å². The average molecular weight is 707 g/mol. The summed E-state index contributed by atoms with van der Waals surface area (Å²) in [6.45, 7) is 9.99. The molecule has 0 bridgehead atoms. The van der Waals surface area contributed by atoms with E-state index >= 15 is 0 Å². The van der Waals surface area contributed by atoms with Crippen LogP contribution in [-0.4, -0.2) is 51.9 Å². The number of allylic oxidation sites excluding steroid dienone is 2. The molecule has 0 radical (unpaired) electrons. The molecule has 2 aliphatic heterocycles. The van der Waals surface area contributed by atoms with Crippen LogP contribution in [0.25, 0.3) is 22.2 Å². The van der Waals surface area contributed by atoms with Crippen LogP contribution in [0.5, 0.6) is 5.88 Å². The molecule has 50 heavy (non-hydrogen) atoms. The number of pyridine rings is 1. The quantitative estimate of drug-likeness (QED) is 0.134. The Kier molecular flexibility index (Phi) is 9.99. The minimum Gasteiger partial charge on any atom is -0.476 e. The lowest BCUT2D eigenvalue weighted by molar-refractivity contribution is 0.102. The molecule has 0 fully saturated rings. The first-order valence-corrected chi connectivity index (χ1v) is 18.1. The first-order valence-electron chi connectivity index (χ1n) is 17.3. The molecule has 0 saturated carbocycles. The van der Waals surface area contributed by atoms with Crippen molar-refractivity contribution < 1.29 is 9.53 Å². The van der Waals surface area contributed by atoms with Crippen LogP contribution in [0.15, 0.2) is 97.3 Å². The van der Waals surface area contributed by atoms with Crippen molar-refractivity contribution in [1.29, 1.82) is 0 Å². The van der Waals surface area contributed by atoms with Crippen LogP contribution < -0.4 is 10.1 Å². The van der Waals surface area contributed by atoms with Crippen LogP contribution >= 0.6 is 23.2 Å². The number of halogens is 2. The fourth-order valence-corrected chi connectivity index (χ4v) is 7.68. The molecule has 1 amide bonds. The Morgan fingerprint density at radius 1 is 1.02 bits per heavy atom. The second kappa shape index (κ2) is 14.7. The van der Waals surface area contributed by atoms with Gasteiger partial charge in [-0.1, -0.05) is 92.5 Å². The van der Waals surface area contributed by atoms with Gasteiger partial charge in [-0.25, -0.2) is 4.98 Å². The predicted molar refractivity (Wildman–Crippen MR) is 205 cm³/mol. The number of fused-ring (bicyclic) bond motifs is 2. The lowest BCUT2D eigenvalue weighted by Crippen LogP contribution is -2.29. The summed E-state index contributed by atoms with van der Waals surface area (Å²) in [4.78, 5) is 27.2. The molecule has 9 heteroatoms. The number of aromatic nitrogens is 2. The van der Waals surface area contributed by atoms with Crippen LogP contribution in [0, 0.1) is 5.92 Å². The standard InChI is InChI=1S/C41H41Cl2N5O2/c1-4-47(5-2)21-11-23-50-41-32(15-9-20-44-41)46-40(49)37-36-35-31(24-30(43)25-33(35)45-37)38(28-16-18-29(42)19-17-28)48-22-10-12-26(3)34(39(36)48)27-13-7-6-8-14-27/h6-10,13-20,22,24-26,38,45H,4-5,11-12,21,23H2,1-3H3,(H,46,49). The topological polar surface area (TPSA) is 73.5 Å². The Balaban J connectivity index is 1.38. The summed E-state index contributed by atoms with van der Waals surface area (Å²) in [7, 11) is 0. The second-order valence-electron chi connectivity index (χ2n) is 12.8. The minimum atomic E-state index is -0.287. The zero-order valence-electron chi connectivity index (χ0n) is 28.5. The highest BCUT2D eigenvalue weighted by molar-refractivity contribution is 6.32. The largest absolute Gasteiger partial charge is 0.476 e. The molecule has 3 aromatic carbocycles. The summed E-state index contributed by atoms with van der Waals surface area (Å²) in [5.41, 5.74) is 7.96. The highest BCUT2D eigenvalue weighted by atomic mass is 35.5. The van der Waals surface area contributed by atoms with Gasteiger partial charge in [0.25, 0.3) is 5.91 Å². The van der Waals surface area contributed by atoms with Crippen LogP contribution in [0.1, 0.15) is 72.4 Å². The molecule has 0 spiro atoms. The van der Waals surface area contributed by atoms with E-state index < -0.39 is 0 Å². The Hall–Kier alpha value is -4.56. The van der Waals surface area contributed by atoms with Gasteiger partial charge in [-0.3, -0.25) is 4.79 Å². The molecule has 7 nitrogen and oxygen atoms in total. The number of rotatable bonds is 11. The molecule has 4 heterocycles. The fraction of sp³-hybridized carbons (Fsp3) is 0.268. The van der Waals surface area contributed by atoms with Crippen LogP contribution in [-0.2, 0) is 0 Å². The van der Waals surface area contributed by atoms with Crippen molar-refractivity contribution in [1.82, 2.24) is 19.8 Å². The van der Waals surface area contributed by atoms with Gasteiger partial charge in [0.1, 0.15) is 11.4 Å². The van der Waals surface area contributed by atoms with Gasteiger partial charge in [0.15, 0.2) is 0 Å². The monoisotopic (exact) mass is 705 g/mol. The molecule has 2 unspecified atom stereocenters.